The summed E-state index contributed by atoms with van der Waals surface area (Å²) in [6.45, 7) is 5.57. The van der Waals surface area contributed by atoms with Crippen molar-refractivity contribution in [3.8, 4) is 0 Å². The lowest BCUT2D eigenvalue weighted by molar-refractivity contribution is -0.144. The van der Waals surface area contributed by atoms with Crippen molar-refractivity contribution < 1.29 is 14.6 Å². The Kier molecular flexibility index (Phi) is 7.82. The average molecular weight is 355 g/mol. The van der Waals surface area contributed by atoms with Crippen molar-refractivity contribution in [2.75, 3.05) is 7.11 Å². The average Bonchev–Trinajstić information content (AvgIpc) is 2.63. The van der Waals surface area contributed by atoms with Crippen LogP contribution in [-0.2, 0) is 22.6 Å². The third-order valence-corrected chi connectivity index (χ3v) is 4.56. The summed E-state index contributed by atoms with van der Waals surface area (Å²) >= 11 is 0. The Balaban J connectivity index is 2.26. The van der Waals surface area contributed by atoms with Crippen LogP contribution in [0.3, 0.4) is 0 Å². The monoisotopic (exact) mass is 355 g/mol. The van der Waals surface area contributed by atoms with Gasteiger partial charge in [-0.15, -0.1) is 0 Å². The molecule has 0 unspecified atom stereocenters. The Morgan fingerprint density at radius 3 is 1.81 bits per heavy atom. The summed E-state index contributed by atoms with van der Waals surface area (Å²) in [6, 6.07) is 20.3. The highest BCUT2D eigenvalue weighted by Crippen LogP contribution is 2.23. The summed E-state index contributed by atoms with van der Waals surface area (Å²) in [4.78, 5) is 13.9. The van der Waals surface area contributed by atoms with E-state index in [1.54, 1.807) is 0 Å². The van der Waals surface area contributed by atoms with Crippen molar-refractivity contribution in [1.82, 2.24) is 4.90 Å². The van der Waals surface area contributed by atoms with Crippen LogP contribution in [0, 0.1) is 5.92 Å². The van der Waals surface area contributed by atoms with Crippen molar-refractivity contribution >= 4 is 5.97 Å². The van der Waals surface area contributed by atoms with E-state index in [0.29, 0.717) is 13.1 Å². The molecule has 26 heavy (non-hydrogen) atoms. The molecule has 0 aromatic heterocycles. The molecule has 0 radical (unpaired) electrons. The molecule has 0 aliphatic rings. The van der Waals surface area contributed by atoms with Crippen LogP contribution in [-0.4, -0.2) is 35.2 Å². The van der Waals surface area contributed by atoms with Crippen LogP contribution in [0.2, 0.25) is 0 Å². The van der Waals surface area contributed by atoms with Crippen molar-refractivity contribution in [2.24, 2.45) is 5.92 Å². The van der Waals surface area contributed by atoms with Crippen molar-refractivity contribution in [3.05, 3.63) is 71.8 Å². The van der Waals surface area contributed by atoms with Gasteiger partial charge in [0.1, 0.15) is 0 Å². The fourth-order valence-corrected chi connectivity index (χ4v) is 3.39. The smallest absolute Gasteiger partial charge is 0.308 e. The van der Waals surface area contributed by atoms with E-state index in [0.717, 1.165) is 0 Å². The number of aliphatic hydroxyl groups is 1. The Morgan fingerprint density at radius 2 is 1.42 bits per heavy atom. The number of hydrogen-bond acceptors (Lipinski definition) is 4. The van der Waals surface area contributed by atoms with E-state index in [9.17, 15) is 9.90 Å². The fourth-order valence-electron chi connectivity index (χ4n) is 3.39. The Bertz CT molecular complexity index is 616. The second-order valence-corrected chi connectivity index (χ2v) is 6.96. The third kappa shape index (κ3) is 5.97. The van der Waals surface area contributed by atoms with Crippen LogP contribution >= 0.6 is 0 Å². The number of methoxy groups -OCH3 is 1. The minimum atomic E-state index is -0.783. The molecule has 140 valence electrons. The Morgan fingerprint density at radius 1 is 0.962 bits per heavy atom. The quantitative estimate of drug-likeness (QED) is 0.698. The molecule has 0 saturated carbocycles. The molecular formula is C22H29NO3. The van der Waals surface area contributed by atoms with Crippen molar-refractivity contribution in [2.45, 2.75) is 45.5 Å². The van der Waals surface area contributed by atoms with Crippen LogP contribution in [0.5, 0.6) is 0 Å². The van der Waals surface area contributed by atoms with Crippen molar-refractivity contribution in [1.29, 1.82) is 0 Å². The first-order chi connectivity index (χ1) is 12.5. The minimum absolute atomic E-state index is 0.000569. The first kappa shape index (κ1) is 20.1. The summed E-state index contributed by atoms with van der Waals surface area (Å²) in [5, 5.41) is 10.8. The molecule has 2 rings (SSSR count). The molecule has 0 bridgehead atoms. The highest BCUT2D eigenvalue weighted by atomic mass is 16.5. The van der Waals surface area contributed by atoms with Gasteiger partial charge < -0.3 is 9.84 Å². The van der Waals surface area contributed by atoms with Gasteiger partial charge in [0.05, 0.1) is 19.6 Å². The molecule has 2 atom stereocenters. The highest BCUT2D eigenvalue weighted by Gasteiger charge is 2.31. The number of hydrogen-bond donors (Lipinski definition) is 1. The van der Waals surface area contributed by atoms with Gasteiger partial charge in [-0.25, -0.2) is 0 Å². The van der Waals surface area contributed by atoms with E-state index in [2.05, 4.69) is 43.0 Å². The summed E-state index contributed by atoms with van der Waals surface area (Å²) in [7, 11) is 1.35. The number of carbonyl (C=O) groups excluding carboxylic acids is 1. The van der Waals surface area contributed by atoms with E-state index in [4.69, 9.17) is 4.74 Å². The first-order valence-corrected chi connectivity index (χ1v) is 9.08. The number of esters is 1. The third-order valence-electron chi connectivity index (χ3n) is 4.56. The van der Waals surface area contributed by atoms with Gasteiger partial charge in [0.15, 0.2) is 0 Å². The number of aliphatic hydroxyl groups excluding tert-OH is 1. The lowest BCUT2D eigenvalue weighted by Crippen LogP contribution is -2.47. The van der Waals surface area contributed by atoms with E-state index in [1.165, 1.54) is 18.2 Å². The molecule has 0 aliphatic carbocycles. The predicted octanol–water partition coefficient (Wildman–Crippen LogP) is 3.64. The Labute approximate surface area is 156 Å². The van der Waals surface area contributed by atoms with Crippen LogP contribution in [0.15, 0.2) is 60.7 Å². The molecule has 2 aromatic rings. The number of benzene rings is 2. The Hall–Kier alpha value is -2.17. The maximum atomic E-state index is 11.7. The van der Waals surface area contributed by atoms with E-state index in [1.807, 2.05) is 36.4 Å². The molecule has 0 saturated heterocycles. The van der Waals surface area contributed by atoms with E-state index >= 15 is 0 Å². The van der Waals surface area contributed by atoms with Gasteiger partial charge in [0, 0.05) is 19.1 Å². The van der Waals surface area contributed by atoms with Crippen LogP contribution in [0.1, 0.15) is 31.4 Å². The van der Waals surface area contributed by atoms with Gasteiger partial charge in [-0.05, 0) is 17.0 Å². The molecule has 4 heteroatoms. The maximum absolute atomic E-state index is 11.7. The summed E-state index contributed by atoms with van der Waals surface area (Å²) < 4.78 is 4.75. The zero-order valence-corrected chi connectivity index (χ0v) is 15.8. The molecule has 0 heterocycles. The van der Waals surface area contributed by atoms with Gasteiger partial charge >= 0.3 is 5.97 Å². The highest BCUT2D eigenvalue weighted by molar-refractivity contribution is 5.69. The topological polar surface area (TPSA) is 49.8 Å². The zero-order chi connectivity index (χ0) is 18.9. The van der Waals surface area contributed by atoms with Gasteiger partial charge in [-0.3, -0.25) is 9.69 Å². The van der Waals surface area contributed by atoms with Gasteiger partial charge in [0.2, 0.25) is 0 Å². The molecule has 0 spiro atoms. The number of rotatable bonds is 9. The lowest BCUT2D eigenvalue weighted by atomic mass is 9.93. The summed E-state index contributed by atoms with van der Waals surface area (Å²) in [5.74, 6) is -0.204. The largest absolute Gasteiger partial charge is 0.469 e. The van der Waals surface area contributed by atoms with Gasteiger partial charge in [-0.2, -0.15) is 0 Å². The number of ether oxygens (including phenoxy) is 1. The number of carbonyl (C=O) groups is 1. The standard InChI is InChI=1S/C22H29NO3/c1-17(2)22(20(24)14-21(25)26-3)23(15-18-10-6-4-7-11-18)16-19-12-8-5-9-13-19/h4-13,17,20,22,24H,14-16H2,1-3H3/t20-,22+/m1/s1. The van der Waals surface area contributed by atoms with Gasteiger partial charge in [-0.1, -0.05) is 74.5 Å². The SMILES string of the molecule is COC(=O)C[C@@H](O)[C@H](C(C)C)N(Cc1ccccc1)Cc1ccccc1. The molecule has 1 N–H and O–H groups in total. The van der Waals surface area contributed by atoms with E-state index < -0.39 is 6.10 Å². The molecule has 0 aliphatic heterocycles. The zero-order valence-electron chi connectivity index (χ0n) is 15.8. The molecular weight excluding hydrogens is 326 g/mol. The first-order valence-electron chi connectivity index (χ1n) is 9.08. The van der Waals surface area contributed by atoms with Gasteiger partial charge in [0.25, 0.3) is 0 Å². The summed E-state index contributed by atoms with van der Waals surface area (Å²) in [5.41, 5.74) is 2.36. The predicted molar refractivity (Wildman–Crippen MR) is 103 cm³/mol. The number of nitrogens with zero attached hydrogens (tertiary/aromatic N) is 1. The van der Waals surface area contributed by atoms with Crippen LogP contribution < -0.4 is 0 Å². The lowest BCUT2D eigenvalue weighted by Gasteiger charge is -2.37. The molecule has 0 fully saturated rings. The van der Waals surface area contributed by atoms with E-state index in [-0.39, 0.29) is 24.3 Å². The fraction of sp³-hybridized carbons (Fsp3) is 0.409. The second-order valence-electron chi connectivity index (χ2n) is 6.96. The van der Waals surface area contributed by atoms with Crippen LogP contribution in [0.25, 0.3) is 0 Å². The molecule has 2 aromatic carbocycles. The minimum Gasteiger partial charge on any atom is -0.469 e. The maximum Gasteiger partial charge on any atom is 0.308 e. The molecule has 0 amide bonds. The second kappa shape index (κ2) is 10.1. The normalized spacial score (nSPS) is 13.6. The van der Waals surface area contributed by atoms with Crippen LogP contribution in [0.4, 0.5) is 0 Å². The van der Waals surface area contributed by atoms with Crippen molar-refractivity contribution in [3.63, 3.8) is 0 Å². The molecule has 4 nitrogen and oxygen atoms in total. The summed E-state index contributed by atoms with van der Waals surface area (Å²) in [6.07, 6.45) is -0.783.